The van der Waals surface area contributed by atoms with Crippen molar-refractivity contribution in [1.29, 1.82) is 0 Å². The molecule has 0 aromatic heterocycles. The normalized spacial score (nSPS) is 17.8. The lowest BCUT2D eigenvalue weighted by atomic mass is 10.2. The molecule has 0 aliphatic carbocycles. The summed E-state index contributed by atoms with van der Waals surface area (Å²) in [5, 5.41) is 0. The van der Waals surface area contributed by atoms with Gasteiger partial charge in [-0.1, -0.05) is 30.3 Å². The second-order valence-corrected chi connectivity index (χ2v) is 3.92. The molecule has 0 radical (unpaired) electrons. The van der Waals surface area contributed by atoms with Crippen LogP contribution in [0.2, 0.25) is 0 Å². The molecule has 1 aliphatic rings. The van der Waals surface area contributed by atoms with E-state index in [1.54, 1.807) is 13.1 Å². The minimum atomic E-state index is -0.574. The van der Waals surface area contributed by atoms with Gasteiger partial charge in [0.2, 0.25) is 6.17 Å². The van der Waals surface area contributed by atoms with Gasteiger partial charge in [-0.3, -0.25) is 4.99 Å². The van der Waals surface area contributed by atoms with E-state index in [0.717, 1.165) is 5.56 Å². The first-order valence-corrected chi connectivity index (χ1v) is 5.97. The zero-order chi connectivity index (χ0) is 12.8. The van der Waals surface area contributed by atoms with Gasteiger partial charge in [0.1, 0.15) is 0 Å². The summed E-state index contributed by atoms with van der Waals surface area (Å²) in [6.45, 7) is 2.80. The highest BCUT2D eigenvalue weighted by Crippen LogP contribution is 2.13. The van der Waals surface area contributed by atoms with E-state index in [9.17, 15) is 4.79 Å². The second kappa shape index (κ2) is 6.00. The number of hydrogen-bond donors (Lipinski definition) is 0. The maximum atomic E-state index is 11.8. The molecule has 1 aromatic carbocycles. The van der Waals surface area contributed by atoms with Crippen LogP contribution in [0.4, 0.5) is 0 Å². The molecule has 0 saturated heterocycles. The Morgan fingerprint density at radius 1 is 1.39 bits per heavy atom. The number of ether oxygens (including phenoxy) is 1. The van der Waals surface area contributed by atoms with E-state index in [4.69, 9.17) is 4.74 Å². The smallest absolute Gasteiger partial charge is 0.351 e. The minimum Gasteiger partial charge on any atom is -0.463 e. The summed E-state index contributed by atoms with van der Waals surface area (Å²) >= 11 is 0. The topological polar surface area (TPSA) is 41.9 Å². The summed E-state index contributed by atoms with van der Waals surface area (Å²) < 4.78 is 5.02. The molecule has 2 rings (SSSR count). The van der Waals surface area contributed by atoms with Gasteiger partial charge in [-0.2, -0.15) is 0 Å². The minimum absolute atomic E-state index is 0.311. The van der Waals surface area contributed by atoms with Crippen LogP contribution in [0, 0.1) is 0 Å². The van der Waals surface area contributed by atoms with E-state index in [0.29, 0.717) is 13.2 Å². The summed E-state index contributed by atoms with van der Waals surface area (Å²) in [6, 6.07) is 9.97. The fraction of sp³-hybridized carbons (Fsp3) is 0.286. The van der Waals surface area contributed by atoms with Crippen molar-refractivity contribution < 1.29 is 9.53 Å². The number of allylic oxidation sites excluding steroid dienone is 1. The fourth-order valence-corrected chi connectivity index (χ4v) is 1.79. The molecule has 0 amide bonds. The van der Waals surface area contributed by atoms with Crippen LogP contribution < -0.4 is 0 Å². The molecule has 0 saturated carbocycles. The van der Waals surface area contributed by atoms with E-state index in [-0.39, 0.29) is 5.97 Å². The number of hydrogen-bond acceptors (Lipinski definition) is 4. The summed E-state index contributed by atoms with van der Waals surface area (Å²) in [5.74, 6) is -0.311. The van der Waals surface area contributed by atoms with Gasteiger partial charge in [0, 0.05) is 19.0 Å². The Labute approximate surface area is 107 Å². The van der Waals surface area contributed by atoms with E-state index in [2.05, 4.69) is 4.99 Å². The maximum absolute atomic E-state index is 11.8. The lowest BCUT2D eigenvalue weighted by Gasteiger charge is -2.27. The average Bonchev–Trinajstić information content (AvgIpc) is 2.41. The molecule has 1 heterocycles. The molecular weight excluding hydrogens is 228 g/mol. The van der Waals surface area contributed by atoms with Gasteiger partial charge >= 0.3 is 5.97 Å². The molecular formula is C14H16N2O2. The zero-order valence-corrected chi connectivity index (χ0v) is 10.3. The van der Waals surface area contributed by atoms with Crippen molar-refractivity contribution in [3.05, 3.63) is 48.2 Å². The van der Waals surface area contributed by atoms with Crippen molar-refractivity contribution in [3.8, 4) is 0 Å². The summed E-state index contributed by atoms with van der Waals surface area (Å²) in [6.07, 6.45) is 4.73. The van der Waals surface area contributed by atoms with Crippen molar-refractivity contribution >= 4 is 12.2 Å². The summed E-state index contributed by atoms with van der Waals surface area (Å²) in [7, 11) is 0. The molecule has 1 unspecified atom stereocenters. The Morgan fingerprint density at radius 2 is 2.17 bits per heavy atom. The van der Waals surface area contributed by atoms with Crippen LogP contribution in [0.1, 0.15) is 12.5 Å². The van der Waals surface area contributed by atoms with Crippen molar-refractivity contribution in [3.63, 3.8) is 0 Å². The molecule has 4 heteroatoms. The lowest BCUT2D eigenvalue weighted by molar-refractivity contribution is -0.148. The van der Waals surface area contributed by atoms with Gasteiger partial charge in [-0.25, -0.2) is 4.79 Å². The average molecular weight is 244 g/mol. The second-order valence-electron chi connectivity index (χ2n) is 3.92. The highest BCUT2D eigenvalue weighted by molar-refractivity contribution is 5.81. The zero-order valence-electron chi connectivity index (χ0n) is 10.3. The number of benzene rings is 1. The third-order valence-electron chi connectivity index (χ3n) is 2.61. The van der Waals surface area contributed by atoms with Crippen molar-refractivity contribution in [2.45, 2.75) is 19.6 Å². The van der Waals surface area contributed by atoms with Crippen LogP contribution in [-0.2, 0) is 16.1 Å². The van der Waals surface area contributed by atoms with Gasteiger partial charge in [0.15, 0.2) is 0 Å². The standard InChI is InChI=1S/C14H16N2O2/c1-2-18-14(17)13-15-9-6-10-16(13)11-12-7-4-3-5-8-12/h3-10,13H,2,11H2,1H3. The monoisotopic (exact) mass is 244 g/mol. The fourth-order valence-electron chi connectivity index (χ4n) is 1.79. The molecule has 94 valence electrons. The van der Waals surface area contributed by atoms with Crippen LogP contribution in [0.3, 0.4) is 0 Å². The Balaban J connectivity index is 2.08. The third-order valence-corrected chi connectivity index (χ3v) is 2.61. The third kappa shape index (κ3) is 2.97. The van der Waals surface area contributed by atoms with E-state index in [1.807, 2.05) is 47.5 Å². The van der Waals surface area contributed by atoms with Gasteiger partial charge in [-0.15, -0.1) is 0 Å². The number of aliphatic imine (C=N–C) groups is 1. The number of esters is 1. The van der Waals surface area contributed by atoms with E-state index >= 15 is 0 Å². The first-order chi connectivity index (χ1) is 8.81. The molecule has 1 aromatic rings. The molecule has 18 heavy (non-hydrogen) atoms. The molecule has 0 N–H and O–H groups in total. The largest absolute Gasteiger partial charge is 0.463 e. The Morgan fingerprint density at radius 3 is 2.89 bits per heavy atom. The van der Waals surface area contributed by atoms with Crippen molar-refractivity contribution in [2.24, 2.45) is 4.99 Å². The van der Waals surface area contributed by atoms with Crippen LogP contribution in [0.25, 0.3) is 0 Å². The Bertz CT molecular complexity index is 454. The predicted molar refractivity (Wildman–Crippen MR) is 70.0 cm³/mol. The highest BCUT2D eigenvalue weighted by atomic mass is 16.5. The SMILES string of the molecule is CCOC(=O)C1N=CC=CN1Cc1ccccc1. The van der Waals surface area contributed by atoms with Crippen LogP contribution in [0.5, 0.6) is 0 Å². The molecule has 1 aliphatic heterocycles. The molecule has 0 spiro atoms. The predicted octanol–water partition coefficient (Wildman–Crippen LogP) is 1.98. The number of carbonyl (C=O) groups is 1. The molecule has 0 fully saturated rings. The summed E-state index contributed by atoms with van der Waals surface area (Å²) in [5.41, 5.74) is 1.13. The molecule has 1 atom stereocenters. The van der Waals surface area contributed by atoms with Crippen LogP contribution in [0.15, 0.2) is 47.6 Å². The van der Waals surface area contributed by atoms with Gasteiger partial charge in [0.05, 0.1) is 6.61 Å². The van der Waals surface area contributed by atoms with Crippen molar-refractivity contribution in [2.75, 3.05) is 6.61 Å². The number of nitrogens with zero attached hydrogens (tertiary/aromatic N) is 2. The van der Waals surface area contributed by atoms with Crippen molar-refractivity contribution in [1.82, 2.24) is 4.90 Å². The molecule has 4 nitrogen and oxygen atoms in total. The van der Waals surface area contributed by atoms with Gasteiger partial charge in [-0.05, 0) is 18.6 Å². The summed E-state index contributed by atoms with van der Waals surface area (Å²) in [4.78, 5) is 17.8. The van der Waals surface area contributed by atoms with Gasteiger partial charge < -0.3 is 9.64 Å². The van der Waals surface area contributed by atoms with Crippen LogP contribution in [-0.4, -0.2) is 29.9 Å². The first-order valence-electron chi connectivity index (χ1n) is 5.97. The first kappa shape index (κ1) is 12.4. The van der Waals surface area contributed by atoms with Gasteiger partial charge in [0.25, 0.3) is 0 Å². The number of rotatable bonds is 4. The van der Waals surface area contributed by atoms with Crippen LogP contribution >= 0.6 is 0 Å². The highest BCUT2D eigenvalue weighted by Gasteiger charge is 2.25. The quantitative estimate of drug-likeness (QED) is 0.760. The Kier molecular flexibility index (Phi) is 4.12. The number of carbonyl (C=O) groups excluding carboxylic acids is 1. The van der Waals surface area contributed by atoms with E-state index in [1.165, 1.54) is 0 Å². The van der Waals surface area contributed by atoms with E-state index < -0.39 is 6.17 Å². The molecule has 0 bridgehead atoms. The lowest BCUT2D eigenvalue weighted by Crippen LogP contribution is -2.38. The Hall–Kier alpha value is -2.10. The maximum Gasteiger partial charge on any atom is 0.351 e.